The van der Waals surface area contributed by atoms with Gasteiger partial charge in [0.25, 0.3) is 0 Å². The zero-order valence-corrected chi connectivity index (χ0v) is 14.6. The quantitative estimate of drug-likeness (QED) is 0.702. The maximum absolute atomic E-state index is 5.80. The molecule has 0 aliphatic heterocycles. The number of rotatable bonds is 7. The van der Waals surface area contributed by atoms with Crippen molar-refractivity contribution in [2.45, 2.75) is 20.0 Å². The van der Waals surface area contributed by atoms with Crippen LogP contribution in [0.2, 0.25) is 0 Å². The third-order valence-corrected chi connectivity index (χ3v) is 3.86. The minimum absolute atomic E-state index is 0.0690. The number of aryl methyl sites for hydroxylation is 2. The summed E-state index contributed by atoms with van der Waals surface area (Å²) in [6.07, 6.45) is 3.39. The number of hydrogen-bond donors (Lipinski definition) is 0. The van der Waals surface area contributed by atoms with E-state index in [4.69, 9.17) is 9.47 Å². The summed E-state index contributed by atoms with van der Waals surface area (Å²) in [4.78, 5) is 4.37. The first-order chi connectivity index (χ1) is 10.5. The van der Waals surface area contributed by atoms with Crippen molar-refractivity contribution in [1.82, 2.24) is 14.8 Å². The molecule has 0 N–H and O–H groups in total. The molecule has 0 amide bonds. The van der Waals surface area contributed by atoms with Crippen molar-refractivity contribution < 1.29 is 9.47 Å². The Labute approximate surface area is 139 Å². The van der Waals surface area contributed by atoms with Gasteiger partial charge in [-0.3, -0.25) is 4.68 Å². The minimum atomic E-state index is -0.0690. The lowest BCUT2D eigenvalue weighted by Crippen LogP contribution is -2.13. The van der Waals surface area contributed by atoms with E-state index in [0.717, 1.165) is 27.3 Å². The van der Waals surface area contributed by atoms with Crippen molar-refractivity contribution in [3.63, 3.8) is 0 Å². The van der Waals surface area contributed by atoms with E-state index in [0.29, 0.717) is 13.2 Å². The first-order valence-corrected chi connectivity index (χ1v) is 7.84. The highest BCUT2D eigenvalue weighted by Gasteiger charge is 2.14. The lowest BCUT2D eigenvalue weighted by molar-refractivity contribution is 0.0389. The fraction of sp³-hybridized carbons (Fsp3) is 0.375. The molecule has 0 fully saturated rings. The first-order valence-electron chi connectivity index (χ1n) is 7.04. The molecule has 118 valence electrons. The predicted molar refractivity (Wildman–Crippen MR) is 89.8 cm³/mol. The molecular weight excluding hydrogens is 346 g/mol. The van der Waals surface area contributed by atoms with Crippen LogP contribution in [0.4, 0.5) is 0 Å². The Bertz CT molecular complexity index is 635. The Balaban J connectivity index is 1.86. The molecule has 0 saturated carbocycles. The molecule has 6 heteroatoms. The Kier molecular flexibility index (Phi) is 5.74. The summed E-state index contributed by atoms with van der Waals surface area (Å²) in [6, 6.07) is 3.82. The van der Waals surface area contributed by atoms with Crippen LogP contribution >= 0.6 is 15.9 Å². The van der Waals surface area contributed by atoms with E-state index in [1.807, 2.05) is 33.0 Å². The maximum Gasteiger partial charge on any atom is 0.145 e. The molecule has 2 heterocycles. The van der Waals surface area contributed by atoms with Gasteiger partial charge >= 0.3 is 0 Å². The van der Waals surface area contributed by atoms with Crippen LogP contribution in [-0.4, -0.2) is 28.0 Å². The Hall–Kier alpha value is -1.66. The van der Waals surface area contributed by atoms with E-state index >= 15 is 0 Å². The molecule has 0 aliphatic rings. The van der Waals surface area contributed by atoms with Crippen molar-refractivity contribution in [2.75, 3.05) is 13.2 Å². The van der Waals surface area contributed by atoms with Gasteiger partial charge in [0.1, 0.15) is 18.1 Å². The molecule has 0 bridgehead atoms. The second kappa shape index (κ2) is 7.56. The Morgan fingerprint density at radius 2 is 2.18 bits per heavy atom. The molecule has 0 radical (unpaired) electrons. The lowest BCUT2D eigenvalue weighted by atomic mass is 10.3. The van der Waals surface area contributed by atoms with Gasteiger partial charge in [-0.2, -0.15) is 5.10 Å². The summed E-state index contributed by atoms with van der Waals surface area (Å²) in [6.45, 7) is 8.61. The molecule has 2 rings (SSSR count). The van der Waals surface area contributed by atoms with Crippen LogP contribution in [0.5, 0.6) is 5.75 Å². The second-order valence-electron chi connectivity index (χ2n) is 4.90. The zero-order chi connectivity index (χ0) is 16.1. The van der Waals surface area contributed by atoms with Crippen LogP contribution in [0.3, 0.4) is 0 Å². The molecule has 0 aliphatic carbocycles. The summed E-state index contributed by atoms with van der Waals surface area (Å²) < 4.78 is 14.3. The van der Waals surface area contributed by atoms with Gasteiger partial charge < -0.3 is 9.47 Å². The van der Waals surface area contributed by atoms with E-state index in [2.05, 4.69) is 32.6 Å². The molecule has 2 aromatic rings. The number of ether oxygens (including phenoxy) is 2. The molecular formula is C16H20BrN3O2. The third-order valence-electron chi connectivity index (χ3n) is 3.25. The van der Waals surface area contributed by atoms with Gasteiger partial charge in [-0.05, 0) is 48.0 Å². The van der Waals surface area contributed by atoms with Crippen molar-refractivity contribution in [3.8, 4) is 5.75 Å². The summed E-state index contributed by atoms with van der Waals surface area (Å²) >= 11 is 3.48. The van der Waals surface area contributed by atoms with Gasteiger partial charge in [0, 0.05) is 12.7 Å². The summed E-state index contributed by atoms with van der Waals surface area (Å²) in [5, 5.41) is 4.18. The fourth-order valence-electron chi connectivity index (χ4n) is 2.17. The van der Waals surface area contributed by atoms with Crippen LogP contribution < -0.4 is 4.74 Å². The van der Waals surface area contributed by atoms with Crippen LogP contribution in [0.1, 0.15) is 30.1 Å². The van der Waals surface area contributed by atoms with Gasteiger partial charge in [-0.25, -0.2) is 4.98 Å². The monoisotopic (exact) mass is 365 g/mol. The first kappa shape index (κ1) is 16.7. The Morgan fingerprint density at radius 1 is 1.41 bits per heavy atom. The van der Waals surface area contributed by atoms with Gasteiger partial charge in [-0.15, -0.1) is 0 Å². The van der Waals surface area contributed by atoms with E-state index in [1.165, 1.54) is 0 Å². The minimum Gasteiger partial charge on any atom is -0.489 e. The SMILES string of the molecule is C=Cc1nc(C)ccc1OCCOC(C)c1c(Br)cnn1C. The highest BCUT2D eigenvalue weighted by atomic mass is 79.9. The average Bonchev–Trinajstić information content (AvgIpc) is 2.83. The van der Waals surface area contributed by atoms with Crippen molar-refractivity contribution in [1.29, 1.82) is 0 Å². The molecule has 1 unspecified atom stereocenters. The molecule has 5 nitrogen and oxygen atoms in total. The normalized spacial score (nSPS) is 12.2. The fourth-order valence-corrected chi connectivity index (χ4v) is 2.84. The van der Waals surface area contributed by atoms with Crippen molar-refractivity contribution >= 4 is 22.0 Å². The number of pyridine rings is 1. The number of aromatic nitrogens is 3. The maximum atomic E-state index is 5.80. The second-order valence-corrected chi connectivity index (χ2v) is 5.76. The van der Waals surface area contributed by atoms with Crippen molar-refractivity contribution in [3.05, 3.63) is 46.5 Å². The van der Waals surface area contributed by atoms with Gasteiger partial charge in [-0.1, -0.05) is 6.58 Å². The van der Waals surface area contributed by atoms with Crippen molar-refractivity contribution in [2.24, 2.45) is 7.05 Å². The standard InChI is InChI=1S/C16H20BrN3O2/c1-5-14-15(7-6-11(2)19-14)22-9-8-21-12(3)16-13(17)10-18-20(16)4/h5-7,10,12H,1,8-9H2,2-4H3. The third kappa shape index (κ3) is 3.96. The summed E-state index contributed by atoms with van der Waals surface area (Å²) in [5.74, 6) is 0.721. The van der Waals surface area contributed by atoms with E-state index in [9.17, 15) is 0 Å². The summed E-state index contributed by atoms with van der Waals surface area (Å²) in [5.41, 5.74) is 2.69. The molecule has 0 spiro atoms. The highest BCUT2D eigenvalue weighted by molar-refractivity contribution is 9.10. The largest absolute Gasteiger partial charge is 0.489 e. The van der Waals surface area contributed by atoms with E-state index in [-0.39, 0.29) is 6.10 Å². The predicted octanol–water partition coefficient (Wildman–Crippen LogP) is 3.69. The number of halogens is 1. The van der Waals surface area contributed by atoms with Crippen LogP contribution in [0.15, 0.2) is 29.4 Å². The van der Waals surface area contributed by atoms with E-state index < -0.39 is 0 Å². The molecule has 2 aromatic heterocycles. The van der Waals surface area contributed by atoms with Gasteiger partial charge in [0.2, 0.25) is 0 Å². The molecule has 22 heavy (non-hydrogen) atoms. The van der Waals surface area contributed by atoms with Crippen LogP contribution in [-0.2, 0) is 11.8 Å². The van der Waals surface area contributed by atoms with E-state index in [1.54, 1.807) is 17.0 Å². The number of nitrogens with zero attached hydrogens (tertiary/aromatic N) is 3. The zero-order valence-electron chi connectivity index (χ0n) is 13.0. The number of hydrogen-bond acceptors (Lipinski definition) is 4. The molecule has 0 saturated heterocycles. The van der Waals surface area contributed by atoms with Gasteiger partial charge in [0.05, 0.1) is 29.1 Å². The average molecular weight is 366 g/mol. The molecule has 0 aromatic carbocycles. The highest BCUT2D eigenvalue weighted by Crippen LogP contribution is 2.25. The van der Waals surface area contributed by atoms with Gasteiger partial charge in [0.15, 0.2) is 0 Å². The van der Waals surface area contributed by atoms with Crippen LogP contribution in [0, 0.1) is 6.92 Å². The van der Waals surface area contributed by atoms with Crippen LogP contribution in [0.25, 0.3) is 6.08 Å². The smallest absolute Gasteiger partial charge is 0.145 e. The lowest BCUT2D eigenvalue weighted by Gasteiger charge is -2.15. The Morgan fingerprint density at radius 3 is 2.82 bits per heavy atom. The topological polar surface area (TPSA) is 49.2 Å². The summed E-state index contributed by atoms with van der Waals surface area (Å²) in [7, 11) is 1.89. The molecule has 1 atom stereocenters.